The minimum absolute atomic E-state index is 0.0155. The molecule has 0 saturated carbocycles. The molecule has 4 rings (SSSR count). The summed E-state index contributed by atoms with van der Waals surface area (Å²) < 4.78 is 5.72. The lowest BCUT2D eigenvalue weighted by atomic mass is 9.90. The van der Waals surface area contributed by atoms with Gasteiger partial charge in [0.1, 0.15) is 5.76 Å². The Balaban J connectivity index is 1.75. The highest BCUT2D eigenvalue weighted by Crippen LogP contribution is 2.38. The van der Waals surface area contributed by atoms with Crippen LogP contribution in [-0.4, -0.2) is 17.5 Å². The number of ketones is 2. The number of anilines is 2. The van der Waals surface area contributed by atoms with Gasteiger partial charge < -0.3 is 15.5 Å². The summed E-state index contributed by atoms with van der Waals surface area (Å²) >= 11 is 12.0. The summed E-state index contributed by atoms with van der Waals surface area (Å²) in [6, 6.07) is 11.6. The molecule has 3 N–H and O–H groups in total. The van der Waals surface area contributed by atoms with Gasteiger partial charge in [-0.15, -0.1) is 0 Å². The second-order valence-corrected chi connectivity index (χ2v) is 7.91. The fourth-order valence-electron chi connectivity index (χ4n) is 3.47. The number of fused-ring (bicyclic) bond motifs is 1. The van der Waals surface area contributed by atoms with Crippen molar-refractivity contribution in [3.05, 3.63) is 80.7 Å². The Bertz CT molecular complexity index is 1290. The smallest absolute Gasteiger partial charge is 0.231 e. The second kappa shape index (κ2) is 8.06. The summed E-state index contributed by atoms with van der Waals surface area (Å²) in [4.78, 5) is 37.1. The average Bonchev–Trinajstić information content (AvgIpc) is 3.04. The summed E-state index contributed by atoms with van der Waals surface area (Å²) in [6.45, 7) is 1.42. The first-order valence-electron chi connectivity index (χ1n) is 9.28. The number of halogens is 2. The number of hydrogen-bond acceptors (Lipinski definition) is 5. The molecule has 1 heterocycles. The van der Waals surface area contributed by atoms with Crippen molar-refractivity contribution in [3.8, 4) is 0 Å². The highest BCUT2D eigenvalue weighted by Gasteiger charge is 2.31. The van der Waals surface area contributed by atoms with Gasteiger partial charge in [-0.2, -0.15) is 0 Å². The zero-order valence-corrected chi connectivity index (χ0v) is 17.8. The van der Waals surface area contributed by atoms with Crippen molar-refractivity contribution in [2.45, 2.75) is 13.3 Å². The molecule has 0 saturated heterocycles. The lowest BCUT2D eigenvalue weighted by molar-refractivity contribution is -0.114. The Morgan fingerprint density at radius 3 is 2.61 bits per heavy atom. The fourth-order valence-corrected chi connectivity index (χ4v) is 3.97. The lowest BCUT2D eigenvalue weighted by Crippen LogP contribution is -2.10. The first-order chi connectivity index (χ1) is 14.7. The molecule has 0 fully saturated rings. The number of nitrogen functional groups attached to an aromatic ring is 1. The second-order valence-electron chi connectivity index (χ2n) is 7.07. The van der Waals surface area contributed by atoms with Crippen LogP contribution in [0.3, 0.4) is 0 Å². The number of allylic oxidation sites excluding steroid dienone is 1. The van der Waals surface area contributed by atoms with Crippen molar-refractivity contribution in [1.82, 2.24) is 0 Å². The van der Waals surface area contributed by atoms with E-state index in [2.05, 4.69) is 5.32 Å². The van der Waals surface area contributed by atoms with E-state index < -0.39 is 5.78 Å². The highest BCUT2D eigenvalue weighted by atomic mass is 35.5. The SMILES string of the molecule is CC(=O)Nc1cccc(C2=Cc3oc(C(=O)c4ccc(Cl)cc4Cl)c(N)c3C(=O)C2)c1. The molecule has 0 bridgehead atoms. The van der Waals surface area contributed by atoms with Crippen LogP contribution in [0.4, 0.5) is 11.4 Å². The van der Waals surface area contributed by atoms with E-state index in [4.69, 9.17) is 33.4 Å². The zero-order valence-electron chi connectivity index (χ0n) is 16.3. The maximum absolute atomic E-state index is 12.9. The number of Topliss-reactive ketones (excluding diaryl/α,β-unsaturated/α-hetero) is 1. The molecule has 6 nitrogen and oxygen atoms in total. The number of nitrogens with one attached hydrogen (secondary N) is 1. The van der Waals surface area contributed by atoms with Crippen LogP contribution in [0.1, 0.15) is 51.1 Å². The first-order valence-corrected chi connectivity index (χ1v) is 10.0. The molecule has 0 atom stereocenters. The first kappa shape index (κ1) is 20.9. The summed E-state index contributed by atoms with van der Waals surface area (Å²) in [5.41, 5.74) is 8.48. The molecule has 0 unspecified atom stereocenters. The Kier molecular flexibility index (Phi) is 5.43. The summed E-state index contributed by atoms with van der Waals surface area (Å²) in [5.74, 6) is -0.936. The number of rotatable bonds is 4. The molecule has 2 aromatic carbocycles. The van der Waals surface area contributed by atoms with E-state index >= 15 is 0 Å². The van der Waals surface area contributed by atoms with Crippen molar-refractivity contribution < 1.29 is 18.8 Å². The molecule has 31 heavy (non-hydrogen) atoms. The van der Waals surface area contributed by atoms with Gasteiger partial charge in [0.2, 0.25) is 11.7 Å². The zero-order chi connectivity index (χ0) is 22.3. The van der Waals surface area contributed by atoms with Gasteiger partial charge in [0.25, 0.3) is 0 Å². The Labute approximate surface area is 187 Å². The summed E-state index contributed by atoms with van der Waals surface area (Å²) in [6.07, 6.45) is 1.76. The predicted molar refractivity (Wildman–Crippen MR) is 121 cm³/mol. The number of hydrogen-bond donors (Lipinski definition) is 2. The molecule has 1 aliphatic rings. The summed E-state index contributed by atoms with van der Waals surface area (Å²) in [7, 11) is 0. The quantitative estimate of drug-likeness (QED) is 0.507. The number of carbonyl (C=O) groups is 3. The van der Waals surface area contributed by atoms with Crippen LogP contribution in [0.25, 0.3) is 11.6 Å². The van der Waals surface area contributed by atoms with Gasteiger partial charge in [0.15, 0.2) is 11.5 Å². The Morgan fingerprint density at radius 2 is 1.90 bits per heavy atom. The third-order valence-corrected chi connectivity index (χ3v) is 5.39. The lowest BCUT2D eigenvalue weighted by Gasteiger charge is -2.13. The van der Waals surface area contributed by atoms with E-state index in [0.717, 1.165) is 5.56 Å². The molecule has 3 aromatic rings. The number of nitrogens with two attached hydrogens (primary N) is 1. The third kappa shape index (κ3) is 4.00. The maximum atomic E-state index is 12.9. The summed E-state index contributed by atoms with van der Waals surface area (Å²) in [5, 5.41) is 3.25. The van der Waals surface area contributed by atoms with Crippen LogP contribution in [0.5, 0.6) is 0 Å². The molecule has 8 heteroatoms. The van der Waals surface area contributed by atoms with Crippen molar-refractivity contribution in [1.29, 1.82) is 0 Å². The van der Waals surface area contributed by atoms with Crippen LogP contribution >= 0.6 is 23.2 Å². The topological polar surface area (TPSA) is 102 Å². The van der Waals surface area contributed by atoms with Gasteiger partial charge in [-0.3, -0.25) is 14.4 Å². The van der Waals surface area contributed by atoms with Gasteiger partial charge >= 0.3 is 0 Å². The van der Waals surface area contributed by atoms with E-state index in [9.17, 15) is 14.4 Å². The average molecular weight is 455 g/mol. The molecule has 0 spiro atoms. The van der Waals surface area contributed by atoms with Gasteiger partial charge in [-0.05, 0) is 47.5 Å². The molecule has 1 aliphatic carbocycles. The number of carbonyl (C=O) groups excluding carboxylic acids is 3. The van der Waals surface area contributed by atoms with Crippen LogP contribution < -0.4 is 11.1 Å². The molecule has 0 radical (unpaired) electrons. The van der Waals surface area contributed by atoms with Crippen LogP contribution in [0.15, 0.2) is 46.9 Å². The molecule has 156 valence electrons. The van der Waals surface area contributed by atoms with Crippen LogP contribution in [-0.2, 0) is 4.79 Å². The van der Waals surface area contributed by atoms with E-state index in [1.54, 1.807) is 24.3 Å². The molecular weight excluding hydrogens is 439 g/mol. The van der Waals surface area contributed by atoms with Crippen molar-refractivity contribution in [3.63, 3.8) is 0 Å². The number of furan rings is 1. The van der Waals surface area contributed by atoms with E-state index in [0.29, 0.717) is 16.3 Å². The normalized spacial score (nSPS) is 12.9. The standard InChI is InChI=1S/C23H16Cl2N2O4/c1-11(28)27-15-4-2-3-12(7-15)13-8-18(29)20-19(9-13)31-23(21(20)26)22(30)16-6-5-14(24)10-17(16)25/h2-7,9-10H,8,26H2,1H3,(H,27,28). The van der Waals surface area contributed by atoms with Gasteiger partial charge in [-0.25, -0.2) is 0 Å². The van der Waals surface area contributed by atoms with Crippen molar-refractivity contribution in [2.24, 2.45) is 0 Å². The molecular formula is C23H16Cl2N2O4. The Hall–Kier alpha value is -3.35. The van der Waals surface area contributed by atoms with Crippen molar-refractivity contribution in [2.75, 3.05) is 11.1 Å². The van der Waals surface area contributed by atoms with E-state index in [1.165, 1.54) is 25.1 Å². The van der Waals surface area contributed by atoms with Gasteiger partial charge in [0.05, 0.1) is 16.3 Å². The number of amides is 1. The largest absolute Gasteiger partial charge is 0.450 e. The van der Waals surface area contributed by atoms with Crippen LogP contribution in [0, 0.1) is 0 Å². The minimum Gasteiger partial charge on any atom is -0.450 e. The van der Waals surface area contributed by atoms with Crippen molar-refractivity contribution >= 4 is 63.7 Å². The highest BCUT2D eigenvalue weighted by molar-refractivity contribution is 6.37. The maximum Gasteiger partial charge on any atom is 0.231 e. The minimum atomic E-state index is -0.538. The van der Waals surface area contributed by atoms with Crippen LogP contribution in [0.2, 0.25) is 10.0 Å². The third-order valence-electron chi connectivity index (χ3n) is 4.84. The van der Waals surface area contributed by atoms with Gasteiger partial charge in [-0.1, -0.05) is 35.3 Å². The number of benzene rings is 2. The molecule has 1 amide bonds. The molecule has 1 aromatic heterocycles. The van der Waals surface area contributed by atoms with E-state index in [1.807, 2.05) is 6.07 Å². The Morgan fingerprint density at radius 1 is 1.13 bits per heavy atom. The monoisotopic (exact) mass is 454 g/mol. The molecule has 0 aliphatic heterocycles. The fraction of sp³-hybridized carbons (Fsp3) is 0.0870. The predicted octanol–water partition coefficient (Wildman–Crippen LogP) is 5.49. The van der Waals surface area contributed by atoms with Gasteiger partial charge in [0, 0.05) is 29.6 Å². The van der Waals surface area contributed by atoms with E-state index in [-0.39, 0.29) is 51.5 Å².